The Morgan fingerprint density at radius 1 is 1.21 bits per heavy atom. The van der Waals surface area contributed by atoms with Crippen LogP contribution in [0.1, 0.15) is 53.6 Å². The maximum Gasteiger partial charge on any atom is 0.328 e. The van der Waals surface area contributed by atoms with Crippen LogP contribution in [0.4, 0.5) is 0 Å². The second kappa shape index (κ2) is 8.91. The number of hydrogen-bond donors (Lipinski definition) is 0. The molecule has 0 aliphatic carbocycles. The second-order valence-corrected chi connectivity index (χ2v) is 6.98. The first-order valence-electron chi connectivity index (χ1n) is 9.63. The van der Waals surface area contributed by atoms with Gasteiger partial charge in [-0.1, -0.05) is 11.2 Å². The van der Waals surface area contributed by atoms with Crippen molar-refractivity contribution in [1.29, 1.82) is 0 Å². The largest absolute Gasteiger partial charge is 0.486 e. The van der Waals surface area contributed by atoms with E-state index in [0.717, 1.165) is 24.2 Å². The molecule has 7 nitrogen and oxygen atoms in total. The normalized spacial score (nSPS) is 16.7. The first-order chi connectivity index (χ1) is 13.5. The zero-order valence-electron chi connectivity index (χ0n) is 16.6. The van der Waals surface area contributed by atoms with Crippen molar-refractivity contribution in [2.45, 2.75) is 52.7 Å². The van der Waals surface area contributed by atoms with Crippen LogP contribution in [0.25, 0.3) is 0 Å². The molecule has 28 heavy (non-hydrogen) atoms. The fourth-order valence-corrected chi connectivity index (χ4v) is 3.25. The molecule has 1 aliphatic rings. The van der Waals surface area contributed by atoms with Crippen LogP contribution in [-0.4, -0.2) is 41.1 Å². The molecule has 3 rings (SSSR count). The molecule has 1 saturated heterocycles. The number of carbonyl (C=O) groups is 2. The monoisotopic (exact) mass is 386 g/mol. The zero-order chi connectivity index (χ0) is 20.1. The molecule has 1 fully saturated rings. The minimum Gasteiger partial charge on any atom is -0.486 e. The van der Waals surface area contributed by atoms with Crippen LogP contribution in [0.15, 0.2) is 28.8 Å². The number of piperidine rings is 1. The number of benzene rings is 1. The molecule has 1 aromatic heterocycles. The first-order valence-corrected chi connectivity index (χ1v) is 9.63. The summed E-state index contributed by atoms with van der Waals surface area (Å²) in [5.74, 6) is 0.494. The number of nitrogens with zero attached hydrogens (tertiary/aromatic N) is 2. The van der Waals surface area contributed by atoms with Crippen molar-refractivity contribution in [3.8, 4) is 5.75 Å². The fourth-order valence-electron chi connectivity index (χ4n) is 3.25. The number of amides is 1. The minimum absolute atomic E-state index is 0.171. The molecule has 150 valence electrons. The lowest BCUT2D eigenvalue weighted by Gasteiger charge is -2.33. The summed E-state index contributed by atoms with van der Waals surface area (Å²) in [7, 11) is 0. The molecule has 0 unspecified atom stereocenters. The highest BCUT2D eigenvalue weighted by atomic mass is 16.5. The molecule has 1 aromatic carbocycles. The molecular weight excluding hydrogens is 360 g/mol. The van der Waals surface area contributed by atoms with Crippen LogP contribution >= 0.6 is 0 Å². The molecule has 7 heteroatoms. The quantitative estimate of drug-likeness (QED) is 0.708. The van der Waals surface area contributed by atoms with Gasteiger partial charge in [0.25, 0.3) is 5.91 Å². The van der Waals surface area contributed by atoms with Gasteiger partial charge in [-0.05, 0) is 63.3 Å². The van der Waals surface area contributed by atoms with E-state index in [9.17, 15) is 9.59 Å². The summed E-state index contributed by atoms with van der Waals surface area (Å²) in [6.45, 7) is 6.78. The molecule has 0 spiro atoms. The third-order valence-corrected chi connectivity index (χ3v) is 4.96. The number of esters is 1. The number of hydrogen-bond acceptors (Lipinski definition) is 6. The van der Waals surface area contributed by atoms with Gasteiger partial charge in [-0.2, -0.15) is 0 Å². The Morgan fingerprint density at radius 3 is 2.79 bits per heavy atom. The van der Waals surface area contributed by atoms with Crippen molar-refractivity contribution in [2.24, 2.45) is 0 Å². The van der Waals surface area contributed by atoms with Gasteiger partial charge in [-0.25, -0.2) is 4.79 Å². The Labute approximate surface area is 164 Å². The summed E-state index contributed by atoms with van der Waals surface area (Å²) >= 11 is 0. The summed E-state index contributed by atoms with van der Waals surface area (Å²) in [6, 6.07) is 6.84. The molecule has 1 atom stereocenters. The van der Waals surface area contributed by atoms with E-state index in [1.54, 1.807) is 13.0 Å². The highest BCUT2D eigenvalue weighted by Gasteiger charge is 2.34. The van der Waals surface area contributed by atoms with Crippen molar-refractivity contribution in [1.82, 2.24) is 10.1 Å². The van der Waals surface area contributed by atoms with E-state index >= 15 is 0 Å². The van der Waals surface area contributed by atoms with Crippen LogP contribution in [0.5, 0.6) is 5.75 Å². The van der Waals surface area contributed by atoms with Gasteiger partial charge in [0.05, 0.1) is 6.61 Å². The number of likely N-dealkylation sites (tertiary alicyclic amines) is 1. The third kappa shape index (κ3) is 4.52. The number of aryl methyl sites for hydroxylation is 2. The molecule has 0 radical (unpaired) electrons. The van der Waals surface area contributed by atoms with Gasteiger partial charge >= 0.3 is 5.97 Å². The third-order valence-electron chi connectivity index (χ3n) is 4.96. The lowest BCUT2D eigenvalue weighted by Crippen LogP contribution is -2.48. The van der Waals surface area contributed by atoms with Crippen LogP contribution in [0, 0.1) is 13.8 Å². The molecule has 0 N–H and O–H groups in total. The van der Waals surface area contributed by atoms with E-state index in [1.165, 1.54) is 10.5 Å². The number of aromatic nitrogens is 1. The smallest absolute Gasteiger partial charge is 0.328 e. The Morgan fingerprint density at radius 2 is 2.04 bits per heavy atom. The van der Waals surface area contributed by atoms with Crippen LogP contribution < -0.4 is 4.74 Å². The lowest BCUT2D eigenvalue weighted by atomic mass is 10.0. The van der Waals surface area contributed by atoms with Crippen LogP contribution in [-0.2, 0) is 16.1 Å². The maximum atomic E-state index is 12.8. The van der Waals surface area contributed by atoms with Crippen molar-refractivity contribution in [3.05, 3.63) is 46.8 Å². The Kier molecular flexibility index (Phi) is 6.34. The van der Waals surface area contributed by atoms with Gasteiger partial charge in [0.15, 0.2) is 11.5 Å². The molecule has 1 amide bonds. The summed E-state index contributed by atoms with van der Waals surface area (Å²) in [5, 5.41) is 3.88. The predicted molar refractivity (Wildman–Crippen MR) is 102 cm³/mol. The Balaban J connectivity index is 1.65. The highest BCUT2D eigenvalue weighted by molar-refractivity contribution is 5.95. The topological polar surface area (TPSA) is 81.9 Å². The molecule has 0 saturated carbocycles. The van der Waals surface area contributed by atoms with Crippen molar-refractivity contribution < 1.29 is 23.6 Å². The van der Waals surface area contributed by atoms with Gasteiger partial charge in [-0.15, -0.1) is 0 Å². The predicted octanol–water partition coefficient (Wildman–Crippen LogP) is 3.43. The Hall–Kier alpha value is -2.83. The van der Waals surface area contributed by atoms with E-state index < -0.39 is 6.04 Å². The van der Waals surface area contributed by atoms with E-state index in [4.69, 9.17) is 14.0 Å². The summed E-state index contributed by atoms with van der Waals surface area (Å²) < 4.78 is 16.1. The van der Waals surface area contributed by atoms with Gasteiger partial charge in [-0.3, -0.25) is 4.79 Å². The minimum atomic E-state index is -0.562. The number of ether oxygens (including phenoxy) is 2. The fraction of sp³-hybridized carbons (Fsp3) is 0.476. The summed E-state index contributed by atoms with van der Waals surface area (Å²) in [5.41, 5.74) is 2.51. The van der Waals surface area contributed by atoms with Crippen LogP contribution in [0.2, 0.25) is 0 Å². The van der Waals surface area contributed by atoms with Gasteiger partial charge in [0, 0.05) is 12.6 Å². The average molecular weight is 386 g/mol. The van der Waals surface area contributed by atoms with E-state index in [0.29, 0.717) is 25.3 Å². The van der Waals surface area contributed by atoms with Crippen molar-refractivity contribution in [2.75, 3.05) is 13.2 Å². The van der Waals surface area contributed by atoms with Crippen molar-refractivity contribution >= 4 is 11.9 Å². The molecule has 1 aliphatic heterocycles. The van der Waals surface area contributed by atoms with E-state index in [-0.39, 0.29) is 24.2 Å². The number of rotatable bonds is 6. The van der Waals surface area contributed by atoms with Crippen LogP contribution in [0.3, 0.4) is 0 Å². The average Bonchev–Trinajstić information content (AvgIpc) is 3.17. The molecule has 2 heterocycles. The molecule has 2 aromatic rings. The molecule has 0 bridgehead atoms. The summed E-state index contributed by atoms with van der Waals surface area (Å²) in [4.78, 5) is 26.6. The van der Waals surface area contributed by atoms with E-state index in [1.807, 2.05) is 32.0 Å². The van der Waals surface area contributed by atoms with Gasteiger partial charge < -0.3 is 18.9 Å². The second-order valence-electron chi connectivity index (χ2n) is 6.98. The van der Waals surface area contributed by atoms with E-state index in [2.05, 4.69) is 5.16 Å². The highest BCUT2D eigenvalue weighted by Crippen LogP contribution is 2.22. The zero-order valence-corrected chi connectivity index (χ0v) is 16.6. The number of carbonyl (C=O) groups excluding carboxylic acids is 2. The maximum absolute atomic E-state index is 12.8. The lowest BCUT2D eigenvalue weighted by molar-refractivity contribution is -0.149. The summed E-state index contributed by atoms with van der Waals surface area (Å²) in [6.07, 6.45) is 2.34. The van der Waals surface area contributed by atoms with Gasteiger partial charge in [0.2, 0.25) is 0 Å². The Bertz CT molecular complexity index is 845. The standard InChI is InChI=1S/C21H26N2O5/c1-4-26-21(25)19-7-5-6-10-23(19)20(24)18-12-17(28-22-18)13-27-16-9-8-14(2)15(3)11-16/h8-9,11-12,19H,4-7,10,13H2,1-3H3/t19-/m1/s1. The SMILES string of the molecule is CCOC(=O)[C@H]1CCCCN1C(=O)c1cc(COc2ccc(C)c(C)c2)on1. The van der Waals surface area contributed by atoms with Gasteiger partial charge in [0.1, 0.15) is 18.4 Å². The first kappa shape index (κ1) is 19.9. The molecular formula is C21H26N2O5. The van der Waals surface area contributed by atoms with Crippen molar-refractivity contribution in [3.63, 3.8) is 0 Å².